The van der Waals surface area contributed by atoms with Gasteiger partial charge in [-0.15, -0.1) is 11.6 Å². The Hall–Kier alpha value is -1.13. The Morgan fingerprint density at radius 2 is 2.29 bits per heavy atom. The Kier molecular flexibility index (Phi) is 3.97. The number of alkyl halides is 1. The molecule has 3 nitrogen and oxygen atoms in total. The largest absolute Gasteiger partial charge is 0.383 e. The highest BCUT2D eigenvalue weighted by atomic mass is 35.5. The second-order valence-corrected chi connectivity index (χ2v) is 4.10. The Morgan fingerprint density at radius 3 is 3.00 bits per heavy atom. The van der Waals surface area contributed by atoms with Crippen LogP contribution in [0.1, 0.15) is 5.82 Å². The van der Waals surface area contributed by atoms with Gasteiger partial charge < -0.3 is 9.30 Å². The Bertz CT molecular complexity index is 512. The van der Waals surface area contributed by atoms with E-state index in [-0.39, 0.29) is 5.82 Å². The summed E-state index contributed by atoms with van der Waals surface area (Å²) in [7, 11) is 1.64. The van der Waals surface area contributed by atoms with Gasteiger partial charge in [0.25, 0.3) is 0 Å². The normalized spacial score (nSPS) is 11.2. The maximum atomic E-state index is 13.6. The third-order valence-electron chi connectivity index (χ3n) is 2.65. The van der Waals surface area contributed by atoms with E-state index in [0.717, 1.165) is 11.3 Å². The first kappa shape index (κ1) is 12.3. The third kappa shape index (κ3) is 2.42. The molecule has 0 radical (unpaired) electrons. The van der Waals surface area contributed by atoms with Crippen LogP contribution in [-0.2, 0) is 17.7 Å². The highest BCUT2D eigenvalue weighted by molar-refractivity contribution is 6.17. The number of halogens is 2. The molecule has 0 fully saturated rings. The van der Waals surface area contributed by atoms with Crippen molar-refractivity contribution >= 4 is 22.6 Å². The fourth-order valence-electron chi connectivity index (χ4n) is 1.87. The van der Waals surface area contributed by atoms with Crippen LogP contribution in [0, 0.1) is 5.82 Å². The molecule has 0 atom stereocenters. The predicted octanol–water partition coefficient (Wildman–Crippen LogP) is 2.60. The van der Waals surface area contributed by atoms with Crippen LogP contribution >= 0.6 is 11.6 Å². The van der Waals surface area contributed by atoms with E-state index in [4.69, 9.17) is 16.3 Å². The third-order valence-corrected chi connectivity index (χ3v) is 2.83. The molecule has 0 bridgehead atoms. The van der Waals surface area contributed by atoms with Crippen molar-refractivity contribution in [3.8, 4) is 0 Å². The second-order valence-electron chi connectivity index (χ2n) is 3.72. The van der Waals surface area contributed by atoms with Gasteiger partial charge in [-0.1, -0.05) is 6.07 Å². The molecule has 0 saturated heterocycles. The number of ether oxygens (including phenoxy) is 1. The van der Waals surface area contributed by atoms with E-state index >= 15 is 0 Å². The molecule has 2 rings (SSSR count). The minimum atomic E-state index is -0.297. The van der Waals surface area contributed by atoms with Crippen molar-refractivity contribution in [3.05, 3.63) is 29.8 Å². The van der Waals surface area contributed by atoms with Gasteiger partial charge in [0.05, 0.1) is 12.1 Å². The van der Waals surface area contributed by atoms with Gasteiger partial charge in [-0.2, -0.15) is 0 Å². The number of rotatable bonds is 5. The summed E-state index contributed by atoms with van der Waals surface area (Å²) in [6.07, 6.45) is 0.624. The quantitative estimate of drug-likeness (QED) is 0.769. The highest BCUT2D eigenvalue weighted by Gasteiger charge is 2.12. The number of aromatic nitrogens is 2. The van der Waals surface area contributed by atoms with Crippen molar-refractivity contribution < 1.29 is 9.13 Å². The van der Waals surface area contributed by atoms with Gasteiger partial charge in [-0.25, -0.2) is 9.37 Å². The van der Waals surface area contributed by atoms with Crippen LogP contribution in [0.15, 0.2) is 18.2 Å². The molecule has 0 unspecified atom stereocenters. The molecule has 0 amide bonds. The first-order valence-corrected chi connectivity index (χ1v) is 6.00. The molecule has 1 heterocycles. The summed E-state index contributed by atoms with van der Waals surface area (Å²) in [6.45, 7) is 1.22. The Balaban J connectivity index is 2.50. The number of imidazole rings is 1. The lowest BCUT2D eigenvalue weighted by molar-refractivity contribution is 0.187. The van der Waals surface area contributed by atoms with Crippen molar-refractivity contribution in [1.29, 1.82) is 0 Å². The Labute approximate surface area is 104 Å². The fraction of sp³-hybridized carbons (Fsp3) is 0.417. The lowest BCUT2D eigenvalue weighted by Gasteiger charge is -2.07. The minimum absolute atomic E-state index is 0.297. The van der Waals surface area contributed by atoms with Gasteiger partial charge in [-0.05, 0) is 12.1 Å². The van der Waals surface area contributed by atoms with Gasteiger partial charge in [0.1, 0.15) is 11.3 Å². The molecule has 92 valence electrons. The van der Waals surface area contributed by atoms with Crippen LogP contribution < -0.4 is 0 Å². The van der Waals surface area contributed by atoms with Gasteiger partial charge in [0.15, 0.2) is 5.82 Å². The summed E-state index contributed by atoms with van der Waals surface area (Å²) < 4.78 is 20.6. The molecular formula is C12H14ClFN2O. The van der Waals surface area contributed by atoms with Gasteiger partial charge in [0.2, 0.25) is 0 Å². The number of aryl methyl sites for hydroxylation is 1. The maximum Gasteiger partial charge on any atom is 0.151 e. The molecule has 0 aliphatic rings. The van der Waals surface area contributed by atoms with Crippen LogP contribution in [0.2, 0.25) is 0 Å². The number of nitrogens with zero attached hydrogens (tertiary/aromatic N) is 2. The topological polar surface area (TPSA) is 27.1 Å². The molecule has 5 heteroatoms. The number of benzene rings is 1. The summed E-state index contributed by atoms with van der Waals surface area (Å²) >= 11 is 5.73. The summed E-state index contributed by atoms with van der Waals surface area (Å²) in [5, 5.41) is 0. The van der Waals surface area contributed by atoms with E-state index in [1.807, 2.05) is 10.6 Å². The molecule has 1 aromatic carbocycles. The second kappa shape index (κ2) is 5.47. The lowest BCUT2D eigenvalue weighted by atomic mass is 10.3. The molecule has 2 aromatic rings. The highest BCUT2D eigenvalue weighted by Crippen LogP contribution is 2.19. The van der Waals surface area contributed by atoms with E-state index in [1.165, 1.54) is 6.07 Å². The molecular weight excluding hydrogens is 243 g/mol. The average molecular weight is 257 g/mol. The van der Waals surface area contributed by atoms with Crippen molar-refractivity contribution in [3.63, 3.8) is 0 Å². The van der Waals surface area contributed by atoms with E-state index in [1.54, 1.807) is 13.2 Å². The van der Waals surface area contributed by atoms with Crippen LogP contribution in [-0.4, -0.2) is 29.1 Å². The molecule has 0 N–H and O–H groups in total. The first-order valence-electron chi connectivity index (χ1n) is 5.46. The Morgan fingerprint density at radius 1 is 1.47 bits per heavy atom. The zero-order valence-electron chi connectivity index (χ0n) is 9.62. The van der Waals surface area contributed by atoms with Crippen LogP contribution in [0.5, 0.6) is 0 Å². The van der Waals surface area contributed by atoms with E-state index in [9.17, 15) is 4.39 Å². The van der Waals surface area contributed by atoms with E-state index in [2.05, 4.69) is 4.98 Å². The molecule has 1 aromatic heterocycles. The zero-order valence-corrected chi connectivity index (χ0v) is 10.4. The number of fused-ring (bicyclic) bond motifs is 1. The molecule has 0 aliphatic heterocycles. The first-order chi connectivity index (χ1) is 8.27. The van der Waals surface area contributed by atoms with Crippen molar-refractivity contribution in [1.82, 2.24) is 9.55 Å². The van der Waals surface area contributed by atoms with Crippen LogP contribution in [0.25, 0.3) is 11.0 Å². The maximum absolute atomic E-state index is 13.6. The van der Waals surface area contributed by atoms with Crippen molar-refractivity contribution in [2.24, 2.45) is 0 Å². The SMILES string of the molecule is COCCn1c(CCCl)nc2c(F)cccc21. The predicted molar refractivity (Wildman–Crippen MR) is 66.0 cm³/mol. The van der Waals surface area contributed by atoms with Crippen molar-refractivity contribution in [2.75, 3.05) is 19.6 Å². The zero-order chi connectivity index (χ0) is 12.3. The lowest BCUT2D eigenvalue weighted by Crippen LogP contribution is -2.08. The summed E-state index contributed by atoms with van der Waals surface area (Å²) in [4.78, 5) is 4.30. The number of hydrogen-bond acceptors (Lipinski definition) is 2. The summed E-state index contributed by atoms with van der Waals surface area (Å²) in [5.41, 5.74) is 1.20. The average Bonchev–Trinajstić information content (AvgIpc) is 2.67. The summed E-state index contributed by atoms with van der Waals surface area (Å²) in [5.74, 6) is 0.976. The van der Waals surface area contributed by atoms with Gasteiger partial charge in [-0.3, -0.25) is 0 Å². The van der Waals surface area contributed by atoms with E-state index in [0.29, 0.717) is 31.0 Å². The molecule has 0 saturated carbocycles. The smallest absolute Gasteiger partial charge is 0.151 e. The summed E-state index contributed by atoms with van der Waals surface area (Å²) in [6, 6.07) is 4.96. The monoisotopic (exact) mass is 256 g/mol. The molecule has 0 spiro atoms. The minimum Gasteiger partial charge on any atom is -0.383 e. The van der Waals surface area contributed by atoms with E-state index < -0.39 is 0 Å². The van der Waals surface area contributed by atoms with Crippen LogP contribution in [0.3, 0.4) is 0 Å². The van der Waals surface area contributed by atoms with Gasteiger partial charge >= 0.3 is 0 Å². The number of hydrogen-bond donors (Lipinski definition) is 0. The molecule has 0 aliphatic carbocycles. The standard InChI is InChI=1S/C12H14ClFN2O/c1-17-8-7-16-10-4-2-3-9(14)12(10)15-11(16)5-6-13/h2-4H,5-8H2,1H3. The fourth-order valence-corrected chi connectivity index (χ4v) is 2.04. The number of methoxy groups -OCH3 is 1. The number of para-hydroxylation sites is 1. The van der Waals surface area contributed by atoms with Crippen molar-refractivity contribution in [2.45, 2.75) is 13.0 Å². The van der Waals surface area contributed by atoms with Crippen LogP contribution in [0.4, 0.5) is 4.39 Å². The molecule has 17 heavy (non-hydrogen) atoms. The van der Waals surface area contributed by atoms with Gasteiger partial charge in [0, 0.05) is 26.0 Å².